The zero-order valence-electron chi connectivity index (χ0n) is 12.5. The lowest BCUT2D eigenvalue weighted by atomic mass is 10.2. The fraction of sp³-hybridized carbons (Fsp3) is 0.500. The Morgan fingerprint density at radius 2 is 2.04 bits per heavy atom. The molecule has 0 heterocycles. The Hall–Kier alpha value is -1.87. The predicted molar refractivity (Wildman–Crippen MR) is 75.7 cm³/mol. The first-order valence-corrected chi connectivity index (χ1v) is 6.80. The Morgan fingerprint density at radius 1 is 1.35 bits per heavy atom. The lowest BCUT2D eigenvalue weighted by molar-refractivity contribution is -0.174. The Balaban J connectivity index is 2.56. The highest BCUT2D eigenvalue weighted by molar-refractivity contribution is 5.89. The van der Waals surface area contributed by atoms with Crippen LogP contribution in [0.3, 0.4) is 0 Å². The SMILES string of the molecule is Cc1ccc(NC(=O)N(CCO)CCOCC(F)(F)F)c(F)c1. The molecule has 0 aromatic heterocycles. The quantitative estimate of drug-likeness (QED) is 0.593. The van der Waals surface area contributed by atoms with Gasteiger partial charge in [0.2, 0.25) is 0 Å². The number of urea groups is 1. The molecule has 0 bridgehead atoms. The number of alkyl halides is 3. The van der Waals surface area contributed by atoms with E-state index in [0.29, 0.717) is 5.56 Å². The van der Waals surface area contributed by atoms with Crippen molar-refractivity contribution in [3.8, 4) is 0 Å². The number of aryl methyl sites for hydroxylation is 1. The summed E-state index contributed by atoms with van der Waals surface area (Å²) in [5, 5.41) is 11.2. The van der Waals surface area contributed by atoms with Crippen LogP contribution in [0.25, 0.3) is 0 Å². The maximum atomic E-state index is 13.7. The number of aliphatic hydroxyl groups is 1. The standard InChI is InChI=1S/C14H18F4N2O3/c1-10-2-3-12(11(15)8-10)19-13(22)20(4-6-21)5-7-23-9-14(16,17)18/h2-3,8,21H,4-7,9H2,1H3,(H,19,22). The van der Waals surface area contributed by atoms with Crippen molar-refractivity contribution in [3.05, 3.63) is 29.6 Å². The van der Waals surface area contributed by atoms with Crippen LogP contribution in [-0.2, 0) is 4.74 Å². The zero-order chi connectivity index (χ0) is 17.5. The molecule has 23 heavy (non-hydrogen) atoms. The molecule has 0 saturated heterocycles. The summed E-state index contributed by atoms with van der Waals surface area (Å²) in [6.45, 7) is -0.768. The molecule has 0 aliphatic heterocycles. The van der Waals surface area contributed by atoms with E-state index in [4.69, 9.17) is 5.11 Å². The molecule has 2 amide bonds. The van der Waals surface area contributed by atoms with Crippen molar-refractivity contribution < 1.29 is 32.2 Å². The van der Waals surface area contributed by atoms with E-state index >= 15 is 0 Å². The van der Waals surface area contributed by atoms with Crippen LogP contribution in [0, 0.1) is 12.7 Å². The van der Waals surface area contributed by atoms with E-state index in [0.717, 1.165) is 4.90 Å². The summed E-state index contributed by atoms with van der Waals surface area (Å²) >= 11 is 0. The number of carbonyl (C=O) groups is 1. The highest BCUT2D eigenvalue weighted by atomic mass is 19.4. The van der Waals surface area contributed by atoms with Crippen LogP contribution in [0.4, 0.5) is 28.0 Å². The molecule has 0 atom stereocenters. The van der Waals surface area contributed by atoms with Crippen LogP contribution in [0.5, 0.6) is 0 Å². The van der Waals surface area contributed by atoms with Crippen LogP contribution in [-0.4, -0.2) is 55.1 Å². The van der Waals surface area contributed by atoms with E-state index in [1.165, 1.54) is 12.1 Å². The predicted octanol–water partition coefficient (Wildman–Crippen LogP) is 2.54. The van der Waals surface area contributed by atoms with Gasteiger partial charge in [-0.25, -0.2) is 9.18 Å². The minimum Gasteiger partial charge on any atom is -0.395 e. The molecule has 0 radical (unpaired) electrons. The van der Waals surface area contributed by atoms with Crippen molar-refractivity contribution in [1.29, 1.82) is 0 Å². The second-order valence-electron chi connectivity index (χ2n) is 4.79. The lowest BCUT2D eigenvalue weighted by Gasteiger charge is -2.22. The summed E-state index contributed by atoms with van der Waals surface area (Å²) in [5.74, 6) is -0.629. The van der Waals surface area contributed by atoms with Gasteiger partial charge in [0.15, 0.2) is 0 Å². The molecular formula is C14H18F4N2O3. The van der Waals surface area contributed by atoms with Gasteiger partial charge >= 0.3 is 12.2 Å². The fourth-order valence-corrected chi connectivity index (χ4v) is 1.71. The van der Waals surface area contributed by atoms with Gasteiger partial charge in [-0.15, -0.1) is 0 Å². The molecule has 0 spiro atoms. The van der Waals surface area contributed by atoms with E-state index in [1.54, 1.807) is 13.0 Å². The topological polar surface area (TPSA) is 61.8 Å². The largest absolute Gasteiger partial charge is 0.411 e. The molecule has 1 aromatic carbocycles. The fourth-order valence-electron chi connectivity index (χ4n) is 1.71. The molecule has 0 aliphatic carbocycles. The number of amides is 2. The van der Waals surface area contributed by atoms with Gasteiger partial charge in [0, 0.05) is 13.1 Å². The third-order valence-electron chi connectivity index (χ3n) is 2.79. The summed E-state index contributed by atoms with van der Waals surface area (Å²) in [6, 6.07) is 3.47. The maximum Gasteiger partial charge on any atom is 0.411 e. The second-order valence-corrected chi connectivity index (χ2v) is 4.79. The third kappa shape index (κ3) is 7.29. The molecule has 0 fully saturated rings. The first-order valence-electron chi connectivity index (χ1n) is 6.80. The molecule has 0 saturated carbocycles. The summed E-state index contributed by atoms with van der Waals surface area (Å²) in [4.78, 5) is 13.0. The molecule has 130 valence electrons. The summed E-state index contributed by atoms with van der Waals surface area (Å²) < 4.78 is 53.9. The number of hydrogen-bond donors (Lipinski definition) is 2. The normalized spacial score (nSPS) is 11.4. The van der Waals surface area contributed by atoms with Gasteiger partial charge in [-0.2, -0.15) is 13.2 Å². The molecule has 0 unspecified atom stereocenters. The summed E-state index contributed by atoms with van der Waals surface area (Å²) in [6.07, 6.45) is -4.45. The lowest BCUT2D eigenvalue weighted by Crippen LogP contribution is -2.39. The first kappa shape index (κ1) is 19.2. The molecule has 5 nitrogen and oxygen atoms in total. The second kappa shape index (κ2) is 8.68. The molecule has 2 N–H and O–H groups in total. The minimum absolute atomic E-state index is 0.0558. The number of ether oxygens (including phenoxy) is 1. The minimum atomic E-state index is -4.45. The van der Waals surface area contributed by atoms with E-state index in [9.17, 15) is 22.4 Å². The van der Waals surface area contributed by atoms with Gasteiger partial charge < -0.3 is 20.1 Å². The number of rotatable bonds is 7. The average molecular weight is 338 g/mol. The Bertz CT molecular complexity index is 523. The monoisotopic (exact) mass is 338 g/mol. The number of aliphatic hydroxyl groups excluding tert-OH is 1. The van der Waals surface area contributed by atoms with Gasteiger partial charge in [0.1, 0.15) is 12.4 Å². The van der Waals surface area contributed by atoms with Crippen LogP contribution in [0.15, 0.2) is 18.2 Å². The van der Waals surface area contributed by atoms with Crippen LogP contribution in [0.1, 0.15) is 5.56 Å². The van der Waals surface area contributed by atoms with Gasteiger partial charge in [0.05, 0.1) is 18.9 Å². The van der Waals surface area contributed by atoms with Crippen LogP contribution in [0.2, 0.25) is 0 Å². The summed E-state index contributed by atoms with van der Waals surface area (Å²) in [7, 11) is 0. The zero-order valence-corrected chi connectivity index (χ0v) is 12.5. The van der Waals surface area contributed by atoms with Crippen LogP contribution < -0.4 is 5.32 Å². The highest BCUT2D eigenvalue weighted by Crippen LogP contribution is 2.16. The van der Waals surface area contributed by atoms with E-state index in [1.807, 2.05) is 0 Å². The van der Waals surface area contributed by atoms with Crippen molar-refractivity contribution in [2.75, 3.05) is 38.2 Å². The van der Waals surface area contributed by atoms with Crippen molar-refractivity contribution in [2.45, 2.75) is 13.1 Å². The Morgan fingerprint density at radius 3 is 2.61 bits per heavy atom. The molecule has 1 rings (SSSR count). The number of hydrogen-bond acceptors (Lipinski definition) is 3. The Kier molecular flexibility index (Phi) is 7.24. The van der Waals surface area contributed by atoms with Crippen molar-refractivity contribution in [2.24, 2.45) is 0 Å². The number of carbonyl (C=O) groups excluding carboxylic acids is 1. The smallest absolute Gasteiger partial charge is 0.395 e. The first-order chi connectivity index (χ1) is 10.7. The molecule has 1 aromatic rings. The van der Waals surface area contributed by atoms with Crippen molar-refractivity contribution >= 4 is 11.7 Å². The average Bonchev–Trinajstić information content (AvgIpc) is 2.44. The van der Waals surface area contributed by atoms with Gasteiger partial charge in [-0.1, -0.05) is 6.07 Å². The maximum absolute atomic E-state index is 13.7. The highest BCUT2D eigenvalue weighted by Gasteiger charge is 2.27. The van der Waals surface area contributed by atoms with Crippen LogP contribution >= 0.6 is 0 Å². The van der Waals surface area contributed by atoms with Gasteiger partial charge in [-0.3, -0.25) is 0 Å². The third-order valence-corrected chi connectivity index (χ3v) is 2.79. The summed E-state index contributed by atoms with van der Waals surface area (Å²) in [5.41, 5.74) is 0.619. The number of nitrogens with one attached hydrogen (secondary N) is 1. The number of benzene rings is 1. The molecule has 0 aliphatic rings. The number of nitrogens with zero attached hydrogens (tertiary/aromatic N) is 1. The van der Waals surface area contributed by atoms with E-state index < -0.39 is 24.6 Å². The molecule has 9 heteroatoms. The number of halogens is 4. The molecular weight excluding hydrogens is 320 g/mol. The Labute approximate surface area is 130 Å². The van der Waals surface area contributed by atoms with Gasteiger partial charge in [-0.05, 0) is 24.6 Å². The van der Waals surface area contributed by atoms with E-state index in [-0.39, 0.29) is 32.0 Å². The number of anilines is 1. The van der Waals surface area contributed by atoms with Crippen molar-refractivity contribution in [3.63, 3.8) is 0 Å². The van der Waals surface area contributed by atoms with Gasteiger partial charge in [0.25, 0.3) is 0 Å². The van der Waals surface area contributed by atoms with Crippen molar-refractivity contribution in [1.82, 2.24) is 4.90 Å². The van der Waals surface area contributed by atoms with E-state index in [2.05, 4.69) is 10.1 Å².